The molecular formula is C11H23N7. The molecule has 0 atom stereocenters. The minimum atomic E-state index is 0.327. The van der Waals surface area contributed by atoms with Crippen LogP contribution in [0, 0.1) is 0 Å². The number of nitrogens with one attached hydrogen (secondary N) is 1. The molecule has 0 saturated carbocycles. The Morgan fingerprint density at radius 1 is 1.17 bits per heavy atom. The molecule has 1 rings (SSSR count). The molecule has 0 amide bonds. The normalized spacial score (nSPS) is 10.6. The Bertz CT molecular complexity index is 378. The molecular weight excluding hydrogens is 230 g/mol. The van der Waals surface area contributed by atoms with Gasteiger partial charge in [0.05, 0.1) is 0 Å². The first-order valence-electron chi connectivity index (χ1n) is 6.16. The van der Waals surface area contributed by atoms with Gasteiger partial charge in [-0.3, -0.25) is 5.43 Å². The van der Waals surface area contributed by atoms with E-state index in [0.29, 0.717) is 23.9 Å². The molecule has 0 aliphatic rings. The van der Waals surface area contributed by atoms with Gasteiger partial charge in [-0.1, -0.05) is 6.92 Å². The minimum absolute atomic E-state index is 0.327. The number of anilines is 3. The van der Waals surface area contributed by atoms with E-state index in [4.69, 9.17) is 5.84 Å². The highest BCUT2D eigenvalue weighted by Gasteiger charge is 2.16. The number of hydrazine groups is 1. The molecule has 0 fully saturated rings. The Hall–Kier alpha value is -1.63. The van der Waals surface area contributed by atoms with Gasteiger partial charge in [0.15, 0.2) is 0 Å². The van der Waals surface area contributed by atoms with Crippen LogP contribution in [-0.2, 0) is 0 Å². The predicted octanol–water partition coefficient (Wildman–Crippen LogP) is 0.848. The molecule has 7 nitrogen and oxygen atoms in total. The van der Waals surface area contributed by atoms with Gasteiger partial charge >= 0.3 is 0 Å². The molecule has 0 radical (unpaired) electrons. The van der Waals surface area contributed by atoms with E-state index >= 15 is 0 Å². The average molecular weight is 253 g/mol. The quantitative estimate of drug-likeness (QED) is 0.574. The molecule has 102 valence electrons. The van der Waals surface area contributed by atoms with Gasteiger partial charge in [0, 0.05) is 26.7 Å². The highest BCUT2D eigenvalue weighted by molar-refractivity contribution is 5.44. The van der Waals surface area contributed by atoms with Crippen molar-refractivity contribution in [1.29, 1.82) is 0 Å². The van der Waals surface area contributed by atoms with Crippen LogP contribution in [0.4, 0.5) is 17.8 Å². The minimum Gasteiger partial charge on any atom is -0.347 e. The molecule has 18 heavy (non-hydrogen) atoms. The van der Waals surface area contributed by atoms with Gasteiger partial charge < -0.3 is 9.80 Å². The van der Waals surface area contributed by atoms with E-state index in [1.165, 1.54) is 0 Å². The van der Waals surface area contributed by atoms with Gasteiger partial charge in [-0.05, 0) is 20.3 Å². The molecule has 0 aromatic carbocycles. The maximum absolute atomic E-state index is 5.40. The van der Waals surface area contributed by atoms with Crippen LogP contribution in [0.25, 0.3) is 0 Å². The Kier molecular flexibility index (Phi) is 5.08. The van der Waals surface area contributed by atoms with Crippen LogP contribution in [-0.4, -0.2) is 41.6 Å². The van der Waals surface area contributed by atoms with Crippen molar-refractivity contribution in [3.63, 3.8) is 0 Å². The Morgan fingerprint density at radius 2 is 1.78 bits per heavy atom. The van der Waals surface area contributed by atoms with Crippen LogP contribution < -0.4 is 21.1 Å². The summed E-state index contributed by atoms with van der Waals surface area (Å²) < 4.78 is 0. The zero-order chi connectivity index (χ0) is 13.7. The third-order valence-electron chi connectivity index (χ3n) is 2.49. The fourth-order valence-electron chi connectivity index (χ4n) is 1.58. The van der Waals surface area contributed by atoms with Crippen molar-refractivity contribution in [2.24, 2.45) is 5.84 Å². The largest absolute Gasteiger partial charge is 0.347 e. The summed E-state index contributed by atoms with van der Waals surface area (Å²) in [5.74, 6) is 7.02. The number of nitrogens with zero attached hydrogens (tertiary/aromatic N) is 5. The second-order valence-electron chi connectivity index (χ2n) is 4.58. The van der Waals surface area contributed by atoms with Gasteiger partial charge in [0.25, 0.3) is 0 Å². The van der Waals surface area contributed by atoms with E-state index in [-0.39, 0.29) is 0 Å². The second-order valence-corrected chi connectivity index (χ2v) is 4.58. The first-order chi connectivity index (χ1) is 8.49. The van der Waals surface area contributed by atoms with Crippen molar-refractivity contribution in [3.8, 4) is 0 Å². The monoisotopic (exact) mass is 253 g/mol. The number of nitrogen functional groups attached to an aromatic ring is 1. The summed E-state index contributed by atoms with van der Waals surface area (Å²) in [6.07, 6.45) is 1.03. The third-order valence-corrected chi connectivity index (χ3v) is 2.49. The highest BCUT2D eigenvalue weighted by Crippen LogP contribution is 2.17. The number of aromatic nitrogens is 3. The zero-order valence-electron chi connectivity index (χ0n) is 11.8. The summed E-state index contributed by atoms with van der Waals surface area (Å²) >= 11 is 0. The smallest absolute Gasteiger partial charge is 0.243 e. The van der Waals surface area contributed by atoms with Crippen molar-refractivity contribution < 1.29 is 0 Å². The molecule has 1 aromatic rings. The number of hydrogen-bond acceptors (Lipinski definition) is 7. The molecule has 0 aliphatic heterocycles. The summed E-state index contributed by atoms with van der Waals surface area (Å²) in [7, 11) is 3.78. The topological polar surface area (TPSA) is 83.2 Å². The molecule has 0 spiro atoms. The van der Waals surface area contributed by atoms with Crippen molar-refractivity contribution in [2.75, 3.05) is 35.9 Å². The van der Waals surface area contributed by atoms with Gasteiger partial charge in [-0.2, -0.15) is 15.0 Å². The SMILES string of the molecule is CCCN(c1nc(NN)nc(N(C)C)n1)C(C)C. The van der Waals surface area contributed by atoms with Crippen LogP contribution in [0.2, 0.25) is 0 Å². The first-order valence-corrected chi connectivity index (χ1v) is 6.16. The maximum atomic E-state index is 5.40. The van der Waals surface area contributed by atoms with Gasteiger partial charge in [-0.25, -0.2) is 5.84 Å². The second kappa shape index (κ2) is 6.34. The standard InChI is InChI=1S/C11H23N7/c1-6-7-18(8(2)3)11-14-9(16-12)13-10(15-11)17(4)5/h8H,6-7,12H2,1-5H3,(H,13,14,15,16). The van der Waals surface area contributed by atoms with Crippen molar-refractivity contribution >= 4 is 17.8 Å². The van der Waals surface area contributed by atoms with E-state index < -0.39 is 0 Å². The average Bonchev–Trinajstić information content (AvgIpc) is 2.34. The Morgan fingerprint density at radius 3 is 2.22 bits per heavy atom. The van der Waals surface area contributed by atoms with E-state index in [1.807, 2.05) is 19.0 Å². The summed E-state index contributed by atoms with van der Waals surface area (Å²) in [6.45, 7) is 7.26. The molecule has 0 unspecified atom stereocenters. The van der Waals surface area contributed by atoms with Gasteiger partial charge in [0.2, 0.25) is 17.8 Å². The molecule has 1 aromatic heterocycles. The van der Waals surface area contributed by atoms with E-state index in [9.17, 15) is 0 Å². The van der Waals surface area contributed by atoms with Crippen molar-refractivity contribution in [3.05, 3.63) is 0 Å². The fourth-order valence-corrected chi connectivity index (χ4v) is 1.58. The van der Waals surface area contributed by atoms with Gasteiger partial charge in [0.1, 0.15) is 0 Å². The van der Waals surface area contributed by atoms with Crippen LogP contribution >= 0.6 is 0 Å². The molecule has 0 bridgehead atoms. The molecule has 1 heterocycles. The number of rotatable bonds is 6. The zero-order valence-corrected chi connectivity index (χ0v) is 11.8. The Labute approximate surface area is 108 Å². The lowest BCUT2D eigenvalue weighted by Crippen LogP contribution is -2.34. The van der Waals surface area contributed by atoms with E-state index in [2.05, 4.69) is 46.0 Å². The van der Waals surface area contributed by atoms with Crippen molar-refractivity contribution in [2.45, 2.75) is 33.2 Å². The first kappa shape index (κ1) is 14.4. The highest BCUT2D eigenvalue weighted by atomic mass is 15.4. The van der Waals surface area contributed by atoms with E-state index in [0.717, 1.165) is 13.0 Å². The molecule has 3 N–H and O–H groups in total. The summed E-state index contributed by atoms with van der Waals surface area (Å²) in [6, 6.07) is 0.327. The predicted molar refractivity (Wildman–Crippen MR) is 74.7 cm³/mol. The van der Waals surface area contributed by atoms with Crippen molar-refractivity contribution in [1.82, 2.24) is 15.0 Å². The van der Waals surface area contributed by atoms with E-state index in [1.54, 1.807) is 0 Å². The maximum Gasteiger partial charge on any atom is 0.243 e. The third kappa shape index (κ3) is 3.43. The van der Waals surface area contributed by atoms with Crippen LogP contribution in [0.1, 0.15) is 27.2 Å². The van der Waals surface area contributed by atoms with Gasteiger partial charge in [-0.15, -0.1) is 0 Å². The Balaban J connectivity index is 3.15. The molecule has 0 saturated heterocycles. The van der Waals surface area contributed by atoms with Crippen LogP contribution in [0.15, 0.2) is 0 Å². The number of nitrogens with two attached hydrogens (primary N) is 1. The fraction of sp³-hybridized carbons (Fsp3) is 0.727. The summed E-state index contributed by atoms with van der Waals surface area (Å²) in [5, 5.41) is 0. The van der Waals surface area contributed by atoms with Crippen LogP contribution in [0.3, 0.4) is 0 Å². The number of hydrogen-bond donors (Lipinski definition) is 2. The lowest BCUT2D eigenvalue weighted by Gasteiger charge is -2.27. The summed E-state index contributed by atoms with van der Waals surface area (Å²) in [4.78, 5) is 16.9. The lowest BCUT2D eigenvalue weighted by molar-refractivity contribution is 0.649. The summed E-state index contributed by atoms with van der Waals surface area (Å²) in [5.41, 5.74) is 2.48. The lowest BCUT2D eigenvalue weighted by atomic mass is 10.3. The molecule has 7 heteroatoms. The van der Waals surface area contributed by atoms with Crippen LogP contribution in [0.5, 0.6) is 0 Å². The molecule has 0 aliphatic carbocycles.